The molecule has 0 bridgehead atoms. The molecule has 2 aliphatic rings. The number of carbonyl (C=O) groups excluding carboxylic acids is 1. The molecule has 4 heteroatoms. The van der Waals surface area contributed by atoms with Crippen LogP contribution in [0, 0.1) is 0 Å². The van der Waals surface area contributed by atoms with Gasteiger partial charge in [0, 0.05) is 4.47 Å². The van der Waals surface area contributed by atoms with E-state index in [-0.39, 0.29) is 11.9 Å². The molecule has 0 atom stereocenters. The molecule has 1 saturated carbocycles. The summed E-state index contributed by atoms with van der Waals surface area (Å²) in [5, 5.41) is 9.53. The third-order valence-corrected chi connectivity index (χ3v) is 4.16. The van der Waals surface area contributed by atoms with Crippen molar-refractivity contribution in [1.82, 2.24) is 0 Å². The lowest BCUT2D eigenvalue weighted by molar-refractivity contribution is 0.00924. The molecule has 0 aromatic heterocycles. The van der Waals surface area contributed by atoms with E-state index in [9.17, 15) is 9.90 Å². The van der Waals surface area contributed by atoms with Crippen LogP contribution in [0.3, 0.4) is 0 Å². The highest BCUT2D eigenvalue weighted by Gasteiger charge is 2.49. The third-order valence-electron chi connectivity index (χ3n) is 3.67. The van der Waals surface area contributed by atoms with E-state index >= 15 is 0 Å². The van der Waals surface area contributed by atoms with Gasteiger partial charge in [0.05, 0.1) is 11.7 Å². The minimum absolute atomic E-state index is 0.0701. The number of halogens is 1. The molecule has 0 radical (unpaired) electrons. The Bertz CT molecular complexity index is 476. The molecule has 0 saturated heterocycles. The smallest absolute Gasteiger partial charge is 0.210 e. The number of aliphatic hydroxyl groups is 1. The van der Waals surface area contributed by atoms with Crippen molar-refractivity contribution >= 4 is 21.7 Å². The SMILES string of the molecule is O=C1c2cc(Br)ccc2OC12CCC(O)CC2. The number of rotatable bonds is 0. The Balaban J connectivity index is 1.96. The zero-order valence-corrected chi connectivity index (χ0v) is 10.9. The van der Waals surface area contributed by atoms with E-state index < -0.39 is 5.60 Å². The molecular formula is C13H13BrO3. The Labute approximate surface area is 108 Å². The maximum atomic E-state index is 12.4. The van der Waals surface area contributed by atoms with Crippen LogP contribution >= 0.6 is 15.9 Å². The van der Waals surface area contributed by atoms with Gasteiger partial charge >= 0.3 is 0 Å². The highest BCUT2D eigenvalue weighted by Crippen LogP contribution is 2.43. The fourth-order valence-corrected chi connectivity index (χ4v) is 3.03. The van der Waals surface area contributed by atoms with Crippen LogP contribution < -0.4 is 4.74 Å². The van der Waals surface area contributed by atoms with Gasteiger partial charge in [-0.1, -0.05) is 15.9 Å². The van der Waals surface area contributed by atoms with Gasteiger partial charge < -0.3 is 9.84 Å². The Morgan fingerprint density at radius 3 is 2.76 bits per heavy atom. The second-order valence-electron chi connectivity index (χ2n) is 4.80. The van der Waals surface area contributed by atoms with Gasteiger partial charge in [-0.15, -0.1) is 0 Å². The number of benzene rings is 1. The molecule has 1 heterocycles. The maximum Gasteiger partial charge on any atom is 0.210 e. The molecule has 1 spiro atoms. The number of hydrogen-bond donors (Lipinski definition) is 1. The van der Waals surface area contributed by atoms with Crippen molar-refractivity contribution in [3.8, 4) is 5.75 Å². The van der Waals surface area contributed by atoms with Crippen LogP contribution in [-0.2, 0) is 0 Å². The molecule has 0 amide bonds. The minimum Gasteiger partial charge on any atom is -0.478 e. The number of fused-ring (bicyclic) bond motifs is 1. The molecule has 1 aromatic rings. The summed E-state index contributed by atoms with van der Waals surface area (Å²) < 4.78 is 6.76. The van der Waals surface area contributed by atoms with Crippen LogP contribution in [0.1, 0.15) is 36.0 Å². The lowest BCUT2D eigenvalue weighted by atomic mass is 9.80. The number of hydrogen-bond acceptors (Lipinski definition) is 3. The van der Waals surface area contributed by atoms with Crippen LogP contribution in [0.5, 0.6) is 5.75 Å². The van der Waals surface area contributed by atoms with E-state index in [4.69, 9.17) is 4.74 Å². The van der Waals surface area contributed by atoms with Gasteiger partial charge in [0.2, 0.25) is 5.78 Å². The Hall–Kier alpha value is -0.870. The van der Waals surface area contributed by atoms with Crippen molar-refractivity contribution in [3.05, 3.63) is 28.2 Å². The average Bonchev–Trinajstić information content (AvgIpc) is 2.58. The summed E-state index contributed by atoms with van der Waals surface area (Å²) in [5.74, 6) is 0.746. The molecule has 0 unspecified atom stereocenters. The summed E-state index contributed by atoms with van der Waals surface area (Å²) in [6, 6.07) is 5.53. The topological polar surface area (TPSA) is 46.5 Å². The van der Waals surface area contributed by atoms with Crippen molar-refractivity contribution in [2.75, 3.05) is 0 Å². The number of aliphatic hydroxyl groups excluding tert-OH is 1. The molecule has 1 aliphatic carbocycles. The Morgan fingerprint density at radius 2 is 2.06 bits per heavy atom. The van der Waals surface area contributed by atoms with Crippen molar-refractivity contribution in [2.24, 2.45) is 0 Å². The van der Waals surface area contributed by atoms with Gasteiger partial charge in [0.25, 0.3) is 0 Å². The van der Waals surface area contributed by atoms with E-state index in [1.807, 2.05) is 18.2 Å². The predicted molar refractivity (Wildman–Crippen MR) is 66.3 cm³/mol. The first kappa shape index (κ1) is 11.2. The van der Waals surface area contributed by atoms with Crippen LogP contribution in [0.25, 0.3) is 0 Å². The van der Waals surface area contributed by atoms with Crippen molar-refractivity contribution < 1.29 is 14.6 Å². The second kappa shape index (κ2) is 3.82. The second-order valence-corrected chi connectivity index (χ2v) is 5.71. The lowest BCUT2D eigenvalue weighted by Gasteiger charge is -2.33. The van der Waals surface area contributed by atoms with E-state index in [2.05, 4.69) is 15.9 Å². The lowest BCUT2D eigenvalue weighted by Crippen LogP contribution is -2.44. The highest BCUT2D eigenvalue weighted by atomic mass is 79.9. The standard InChI is InChI=1S/C13H13BrO3/c14-8-1-2-11-10(7-8)12(16)13(17-11)5-3-9(15)4-6-13/h1-2,7,9,15H,3-6H2. The van der Waals surface area contributed by atoms with Gasteiger partial charge in [0.1, 0.15) is 5.75 Å². The molecule has 1 aliphatic heterocycles. The van der Waals surface area contributed by atoms with Gasteiger partial charge in [-0.2, -0.15) is 0 Å². The first-order chi connectivity index (χ1) is 8.11. The summed E-state index contributed by atoms with van der Waals surface area (Å²) >= 11 is 3.37. The monoisotopic (exact) mass is 296 g/mol. The van der Waals surface area contributed by atoms with Gasteiger partial charge in [-0.05, 0) is 43.9 Å². The maximum absolute atomic E-state index is 12.4. The molecule has 17 heavy (non-hydrogen) atoms. The highest BCUT2D eigenvalue weighted by molar-refractivity contribution is 9.10. The first-order valence-electron chi connectivity index (χ1n) is 5.82. The summed E-state index contributed by atoms with van der Waals surface area (Å²) in [6.07, 6.45) is 2.22. The van der Waals surface area contributed by atoms with Gasteiger partial charge in [-0.3, -0.25) is 4.79 Å². The van der Waals surface area contributed by atoms with Gasteiger partial charge in [0.15, 0.2) is 5.60 Å². The number of Topliss-reactive ketones (excluding diaryl/α,β-unsaturated/α-hetero) is 1. The molecule has 1 fully saturated rings. The van der Waals surface area contributed by atoms with Crippen LogP contribution in [0.4, 0.5) is 0 Å². The molecule has 90 valence electrons. The average molecular weight is 297 g/mol. The third kappa shape index (κ3) is 1.70. The largest absolute Gasteiger partial charge is 0.478 e. The fourth-order valence-electron chi connectivity index (χ4n) is 2.67. The molecule has 1 aromatic carbocycles. The predicted octanol–water partition coefficient (Wildman–Crippen LogP) is 2.70. The summed E-state index contributed by atoms with van der Waals surface area (Å²) in [6.45, 7) is 0. The van der Waals surface area contributed by atoms with E-state index in [0.29, 0.717) is 37.0 Å². The molecule has 3 nitrogen and oxygen atoms in total. The number of ketones is 1. The van der Waals surface area contributed by atoms with Crippen LogP contribution in [-0.4, -0.2) is 22.6 Å². The zero-order chi connectivity index (χ0) is 12.0. The Morgan fingerprint density at radius 1 is 1.35 bits per heavy atom. The summed E-state index contributed by atoms with van der Waals surface area (Å²) in [7, 11) is 0. The van der Waals surface area contributed by atoms with E-state index in [1.165, 1.54) is 0 Å². The molecule has 1 N–H and O–H groups in total. The van der Waals surface area contributed by atoms with Crippen molar-refractivity contribution in [2.45, 2.75) is 37.4 Å². The Kier molecular flexibility index (Phi) is 2.52. The zero-order valence-electron chi connectivity index (χ0n) is 9.28. The van der Waals surface area contributed by atoms with E-state index in [0.717, 1.165) is 4.47 Å². The molecule has 3 rings (SSSR count). The normalized spacial score (nSPS) is 31.4. The summed E-state index contributed by atoms with van der Waals surface area (Å²) in [5.41, 5.74) is -0.0433. The van der Waals surface area contributed by atoms with Gasteiger partial charge in [-0.25, -0.2) is 0 Å². The number of carbonyl (C=O) groups is 1. The minimum atomic E-state index is -0.706. The van der Waals surface area contributed by atoms with Crippen LogP contribution in [0.2, 0.25) is 0 Å². The summed E-state index contributed by atoms with van der Waals surface area (Å²) in [4.78, 5) is 12.4. The van der Waals surface area contributed by atoms with Crippen LogP contribution in [0.15, 0.2) is 22.7 Å². The van der Waals surface area contributed by atoms with E-state index in [1.54, 1.807) is 0 Å². The molecular weight excluding hydrogens is 284 g/mol. The fraction of sp³-hybridized carbons (Fsp3) is 0.462. The van der Waals surface area contributed by atoms with Crippen molar-refractivity contribution in [3.63, 3.8) is 0 Å². The first-order valence-corrected chi connectivity index (χ1v) is 6.61. The quantitative estimate of drug-likeness (QED) is 0.801. The van der Waals surface area contributed by atoms with Crippen molar-refractivity contribution in [1.29, 1.82) is 0 Å². The number of ether oxygens (including phenoxy) is 1.